The fraction of sp³-hybridized carbons (Fsp3) is 0.679. The van der Waals surface area contributed by atoms with E-state index in [4.69, 9.17) is 9.47 Å². The summed E-state index contributed by atoms with van der Waals surface area (Å²) < 4.78 is 11.0. The van der Waals surface area contributed by atoms with Crippen LogP contribution in [0.25, 0.3) is 0 Å². The summed E-state index contributed by atoms with van der Waals surface area (Å²) in [5.74, 6) is -0.383. The third kappa shape index (κ3) is 6.37. The summed E-state index contributed by atoms with van der Waals surface area (Å²) in [5, 5.41) is 10.4. The number of aliphatic carboxylic acids is 1. The topological polar surface area (TPSA) is 99.6 Å². The van der Waals surface area contributed by atoms with E-state index in [1.165, 1.54) is 0 Å². The summed E-state index contributed by atoms with van der Waals surface area (Å²) in [6.45, 7) is 7.74. The van der Waals surface area contributed by atoms with Crippen molar-refractivity contribution in [1.29, 1.82) is 0 Å². The van der Waals surface area contributed by atoms with E-state index in [2.05, 4.69) is 18.7 Å². The fourth-order valence-electron chi connectivity index (χ4n) is 5.90. The molecule has 0 spiro atoms. The first-order chi connectivity index (χ1) is 17.9. The van der Waals surface area contributed by atoms with Crippen LogP contribution in [0.5, 0.6) is 11.5 Å². The van der Waals surface area contributed by atoms with Crippen molar-refractivity contribution >= 4 is 17.8 Å². The molecule has 204 valence electrons. The minimum atomic E-state index is -0.871. The largest absolute Gasteiger partial charge is 0.481 e. The van der Waals surface area contributed by atoms with Gasteiger partial charge in [0.05, 0.1) is 12.5 Å². The highest BCUT2D eigenvalue weighted by Crippen LogP contribution is 2.42. The number of likely N-dealkylation sites (tertiary alicyclic amines) is 2. The van der Waals surface area contributed by atoms with Gasteiger partial charge in [-0.2, -0.15) is 0 Å². The average Bonchev–Trinajstić information content (AvgIpc) is 3.60. The van der Waals surface area contributed by atoms with Gasteiger partial charge in [-0.1, -0.05) is 32.8 Å². The Morgan fingerprint density at radius 1 is 1.11 bits per heavy atom. The monoisotopic (exact) mass is 515 g/mol. The Bertz CT molecular complexity index is 961. The molecule has 0 bridgehead atoms. The van der Waals surface area contributed by atoms with E-state index in [-0.39, 0.29) is 37.1 Å². The number of nitrogens with zero attached hydrogens (tertiary/aromatic N) is 3. The van der Waals surface area contributed by atoms with Crippen LogP contribution in [0.3, 0.4) is 0 Å². The second-order valence-corrected chi connectivity index (χ2v) is 10.4. The molecule has 3 aliphatic heterocycles. The molecule has 2 fully saturated rings. The second kappa shape index (κ2) is 12.6. The van der Waals surface area contributed by atoms with E-state index in [9.17, 15) is 19.5 Å². The molecule has 9 heteroatoms. The van der Waals surface area contributed by atoms with Crippen LogP contribution < -0.4 is 9.47 Å². The molecule has 0 aliphatic carbocycles. The van der Waals surface area contributed by atoms with Crippen LogP contribution in [-0.2, 0) is 14.4 Å². The van der Waals surface area contributed by atoms with Gasteiger partial charge in [0.1, 0.15) is 0 Å². The van der Waals surface area contributed by atoms with Gasteiger partial charge in [0.25, 0.3) is 0 Å². The van der Waals surface area contributed by atoms with Crippen molar-refractivity contribution in [2.75, 3.05) is 46.1 Å². The summed E-state index contributed by atoms with van der Waals surface area (Å²) in [6, 6.07) is 5.28. The van der Waals surface area contributed by atoms with Crippen LogP contribution in [0.4, 0.5) is 0 Å². The standard InChI is InChI=1S/C28H41N3O6/c1-3-5-12-29(13-6-4-2)26(33)18-31-17-21(20-9-10-23-24(16-20)37-19-36-23)27(28(34)35)22(31)11-15-30-14-7-8-25(30)32/h9-10,16,21-22,27H,3-8,11-15,17-19H2,1-2H3,(H,34,35)/t21-,22-,27+/m1/s1. The molecule has 3 aliphatic rings. The van der Waals surface area contributed by atoms with Crippen molar-refractivity contribution < 1.29 is 29.0 Å². The zero-order valence-corrected chi connectivity index (χ0v) is 22.2. The van der Waals surface area contributed by atoms with Crippen molar-refractivity contribution in [3.05, 3.63) is 23.8 Å². The predicted molar refractivity (Wildman–Crippen MR) is 139 cm³/mol. The van der Waals surface area contributed by atoms with Crippen molar-refractivity contribution in [3.8, 4) is 11.5 Å². The van der Waals surface area contributed by atoms with Crippen molar-refractivity contribution in [3.63, 3.8) is 0 Å². The maximum absolute atomic E-state index is 13.5. The Labute approximate surface area is 219 Å². The number of carbonyl (C=O) groups excluding carboxylic acids is 2. The van der Waals surface area contributed by atoms with Crippen molar-refractivity contribution in [2.45, 2.75) is 70.8 Å². The molecular weight excluding hydrogens is 474 g/mol. The molecule has 37 heavy (non-hydrogen) atoms. The molecule has 0 saturated carbocycles. The minimum Gasteiger partial charge on any atom is -0.481 e. The average molecular weight is 516 g/mol. The van der Waals surface area contributed by atoms with Crippen molar-refractivity contribution in [2.24, 2.45) is 5.92 Å². The number of carboxylic acids is 1. The number of rotatable bonds is 13. The number of fused-ring (bicyclic) bond motifs is 1. The van der Waals surface area contributed by atoms with E-state index in [1.54, 1.807) is 0 Å². The molecular formula is C28H41N3O6. The first kappa shape index (κ1) is 27.2. The molecule has 1 aromatic carbocycles. The van der Waals surface area contributed by atoms with Crippen molar-refractivity contribution in [1.82, 2.24) is 14.7 Å². The van der Waals surface area contributed by atoms with Gasteiger partial charge in [-0.3, -0.25) is 19.3 Å². The molecule has 3 atom stereocenters. The van der Waals surface area contributed by atoms with E-state index in [0.29, 0.717) is 37.4 Å². The first-order valence-electron chi connectivity index (χ1n) is 13.8. The number of amides is 2. The van der Waals surface area contributed by atoms with Crippen LogP contribution in [0, 0.1) is 5.92 Å². The number of carboxylic acid groups (broad SMARTS) is 1. The Hall–Kier alpha value is -2.81. The number of hydrogen-bond donors (Lipinski definition) is 1. The molecule has 0 aromatic heterocycles. The molecule has 1 aromatic rings. The number of hydrogen-bond acceptors (Lipinski definition) is 6. The minimum absolute atomic E-state index is 0.0552. The predicted octanol–water partition coefficient (Wildman–Crippen LogP) is 3.33. The van der Waals surface area contributed by atoms with E-state index in [0.717, 1.165) is 57.3 Å². The highest BCUT2D eigenvalue weighted by Gasteiger charge is 2.47. The van der Waals surface area contributed by atoms with E-state index < -0.39 is 11.9 Å². The molecule has 2 amide bonds. The molecule has 0 unspecified atom stereocenters. The normalized spacial score (nSPS) is 23.1. The number of unbranched alkanes of at least 4 members (excludes halogenated alkanes) is 2. The highest BCUT2D eigenvalue weighted by molar-refractivity contribution is 5.79. The zero-order chi connectivity index (χ0) is 26.4. The molecule has 1 N–H and O–H groups in total. The van der Waals surface area contributed by atoms with Gasteiger partial charge in [-0.15, -0.1) is 0 Å². The third-order valence-corrected chi connectivity index (χ3v) is 7.98. The summed E-state index contributed by atoms with van der Waals surface area (Å²) in [5.41, 5.74) is 0.877. The lowest BCUT2D eigenvalue weighted by atomic mass is 9.84. The van der Waals surface area contributed by atoms with Crippen LogP contribution in [-0.4, -0.2) is 89.7 Å². The Balaban J connectivity index is 1.57. The quantitative estimate of drug-likeness (QED) is 0.430. The first-order valence-corrected chi connectivity index (χ1v) is 13.8. The fourth-order valence-corrected chi connectivity index (χ4v) is 5.90. The molecule has 3 heterocycles. The summed E-state index contributed by atoms with van der Waals surface area (Å²) >= 11 is 0. The number of benzene rings is 1. The third-order valence-electron chi connectivity index (χ3n) is 7.98. The summed E-state index contributed by atoms with van der Waals surface area (Å²) in [4.78, 5) is 44.2. The van der Waals surface area contributed by atoms with Crippen LogP contribution in [0.1, 0.15) is 70.3 Å². The molecule has 9 nitrogen and oxygen atoms in total. The SMILES string of the molecule is CCCCN(CCCC)C(=O)CN1C[C@H](c2ccc3c(c2)OCO3)[C@H](C(=O)O)[C@H]1CCN1CCCC1=O. The van der Waals surface area contributed by atoms with Gasteiger partial charge in [-0.05, 0) is 43.4 Å². The Morgan fingerprint density at radius 3 is 2.49 bits per heavy atom. The summed E-state index contributed by atoms with van der Waals surface area (Å²) in [6.07, 6.45) is 5.86. The lowest BCUT2D eigenvalue weighted by molar-refractivity contribution is -0.144. The van der Waals surface area contributed by atoms with Crippen LogP contribution in [0.2, 0.25) is 0 Å². The van der Waals surface area contributed by atoms with Gasteiger partial charge in [-0.25, -0.2) is 0 Å². The Morgan fingerprint density at radius 2 is 1.84 bits per heavy atom. The van der Waals surface area contributed by atoms with Gasteiger partial charge in [0.2, 0.25) is 18.6 Å². The van der Waals surface area contributed by atoms with Crippen LogP contribution >= 0.6 is 0 Å². The van der Waals surface area contributed by atoms with Gasteiger partial charge < -0.3 is 24.4 Å². The molecule has 2 saturated heterocycles. The van der Waals surface area contributed by atoms with Gasteiger partial charge >= 0.3 is 5.97 Å². The van der Waals surface area contributed by atoms with Gasteiger partial charge in [0.15, 0.2) is 11.5 Å². The number of carbonyl (C=O) groups is 3. The zero-order valence-electron chi connectivity index (χ0n) is 22.2. The van der Waals surface area contributed by atoms with E-state index in [1.807, 2.05) is 28.0 Å². The van der Waals surface area contributed by atoms with Crippen LogP contribution in [0.15, 0.2) is 18.2 Å². The second-order valence-electron chi connectivity index (χ2n) is 10.4. The number of ether oxygens (including phenoxy) is 2. The Kier molecular flexibility index (Phi) is 9.29. The lowest BCUT2D eigenvalue weighted by Gasteiger charge is -2.30. The van der Waals surface area contributed by atoms with Gasteiger partial charge in [0, 0.05) is 51.1 Å². The maximum atomic E-state index is 13.5. The van der Waals surface area contributed by atoms with E-state index >= 15 is 0 Å². The molecule has 0 radical (unpaired) electrons. The lowest BCUT2D eigenvalue weighted by Crippen LogP contribution is -2.45. The molecule has 4 rings (SSSR count). The highest BCUT2D eigenvalue weighted by atomic mass is 16.7. The summed E-state index contributed by atoms with van der Waals surface area (Å²) in [7, 11) is 0. The smallest absolute Gasteiger partial charge is 0.308 e. The maximum Gasteiger partial charge on any atom is 0.308 e.